The van der Waals surface area contributed by atoms with Crippen molar-refractivity contribution >= 4 is 17.6 Å². The molecule has 0 atom stereocenters. The summed E-state index contributed by atoms with van der Waals surface area (Å²) in [5.74, 6) is 0.0405. The molecule has 20 heavy (non-hydrogen) atoms. The van der Waals surface area contributed by atoms with Crippen molar-refractivity contribution in [2.45, 2.75) is 0 Å². The van der Waals surface area contributed by atoms with E-state index in [1.165, 1.54) is 0 Å². The first kappa shape index (κ1) is 14.3. The lowest BCUT2D eigenvalue weighted by Gasteiger charge is -2.29. The smallest absolute Gasteiger partial charge is 0.267 e. The van der Waals surface area contributed by atoms with E-state index >= 15 is 0 Å². The lowest BCUT2D eigenvalue weighted by molar-refractivity contribution is -0.130. The minimum Gasteiger partial charge on any atom is -0.364 e. The van der Waals surface area contributed by atoms with Crippen LogP contribution in [0, 0.1) is 0 Å². The lowest BCUT2D eigenvalue weighted by Crippen LogP contribution is -2.49. The van der Waals surface area contributed by atoms with Gasteiger partial charge in [0.2, 0.25) is 5.91 Å². The van der Waals surface area contributed by atoms with Crippen LogP contribution >= 0.6 is 0 Å². The number of carbonyl (C=O) groups excluding carboxylic acids is 2. The zero-order chi connectivity index (χ0) is 14.5. The number of nitrogens with two attached hydrogens (primary N) is 1. The fraction of sp³-hybridized carbons (Fsp3) is 0.462. The van der Waals surface area contributed by atoms with Crippen LogP contribution in [0.4, 0.5) is 5.82 Å². The Balaban J connectivity index is 2.00. The van der Waals surface area contributed by atoms with Crippen molar-refractivity contribution in [3.05, 3.63) is 23.9 Å². The Morgan fingerprint density at radius 2 is 2.10 bits per heavy atom. The molecule has 0 unspecified atom stereocenters. The predicted molar refractivity (Wildman–Crippen MR) is 75.5 cm³/mol. The summed E-state index contributed by atoms with van der Waals surface area (Å²) in [4.78, 5) is 30.9. The second-order valence-corrected chi connectivity index (χ2v) is 4.73. The summed E-state index contributed by atoms with van der Waals surface area (Å²) in [5.41, 5.74) is 5.40. The first-order valence-corrected chi connectivity index (χ1v) is 6.54. The number of carbonyl (C=O) groups is 2. The summed E-state index contributed by atoms with van der Waals surface area (Å²) in [6.07, 6.45) is 0. The summed E-state index contributed by atoms with van der Waals surface area (Å²) >= 11 is 0. The van der Waals surface area contributed by atoms with E-state index in [1.807, 2.05) is 4.90 Å². The van der Waals surface area contributed by atoms with Gasteiger partial charge in [0.25, 0.3) is 5.91 Å². The normalized spacial score (nSPS) is 14.9. The van der Waals surface area contributed by atoms with Crippen LogP contribution in [0.2, 0.25) is 0 Å². The molecule has 108 valence electrons. The summed E-state index contributed by atoms with van der Waals surface area (Å²) in [6, 6.07) is 5.00. The summed E-state index contributed by atoms with van der Waals surface area (Å²) in [5, 5.41) is 3.20. The third kappa shape index (κ3) is 3.45. The molecule has 1 aliphatic heterocycles. The lowest BCUT2D eigenvalue weighted by atomic mass is 10.3. The minimum absolute atomic E-state index is 0.0558. The van der Waals surface area contributed by atoms with E-state index in [2.05, 4.69) is 10.3 Å². The zero-order valence-electron chi connectivity index (χ0n) is 11.5. The number of nitrogens with one attached hydrogen (secondary N) is 1. The van der Waals surface area contributed by atoms with Crippen LogP contribution in [0.3, 0.4) is 0 Å². The molecule has 0 radical (unpaired) electrons. The highest BCUT2D eigenvalue weighted by Crippen LogP contribution is 2.10. The van der Waals surface area contributed by atoms with E-state index in [0.29, 0.717) is 5.82 Å². The maximum absolute atomic E-state index is 12.1. The molecule has 1 aromatic rings. The SMILES string of the molecule is CN(CC(=O)N1CCNCC1)c1cccc(C(N)=O)n1. The maximum Gasteiger partial charge on any atom is 0.267 e. The molecular formula is C13H19N5O2. The number of amides is 2. The first-order valence-electron chi connectivity index (χ1n) is 6.54. The van der Waals surface area contributed by atoms with E-state index in [-0.39, 0.29) is 18.1 Å². The molecule has 7 heteroatoms. The number of aromatic nitrogens is 1. The largest absolute Gasteiger partial charge is 0.364 e. The van der Waals surface area contributed by atoms with Crippen LogP contribution in [0.5, 0.6) is 0 Å². The van der Waals surface area contributed by atoms with Gasteiger partial charge < -0.3 is 20.9 Å². The Morgan fingerprint density at radius 3 is 2.75 bits per heavy atom. The van der Waals surface area contributed by atoms with Crippen LogP contribution < -0.4 is 16.0 Å². The molecule has 0 saturated carbocycles. The van der Waals surface area contributed by atoms with E-state index in [0.717, 1.165) is 26.2 Å². The molecule has 1 fully saturated rings. The Kier molecular flexibility index (Phi) is 4.52. The Hall–Kier alpha value is -2.15. The van der Waals surface area contributed by atoms with Gasteiger partial charge in [-0.3, -0.25) is 9.59 Å². The monoisotopic (exact) mass is 277 g/mol. The van der Waals surface area contributed by atoms with Gasteiger partial charge in [-0.05, 0) is 12.1 Å². The average Bonchev–Trinajstić information content (AvgIpc) is 2.48. The van der Waals surface area contributed by atoms with Crippen molar-refractivity contribution in [2.75, 3.05) is 44.7 Å². The van der Waals surface area contributed by atoms with Crippen LogP contribution in [-0.2, 0) is 4.79 Å². The number of likely N-dealkylation sites (N-methyl/N-ethyl adjacent to an activating group) is 1. The average molecular weight is 277 g/mol. The summed E-state index contributed by atoms with van der Waals surface area (Å²) < 4.78 is 0. The van der Waals surface area contributed by atoms with Gasteiger partial charge in [-0.25, -0.2) is 4.98 Å². The fourth-order valence-corrected chi connectivity index (χ4v) is 2.07. The topological polar surface area (TPSA) is 91.6 Å². The van der Waals surface area contributed by atoms with Gasteiger partial charge in [0.05, 0.1) is 6.54 Å². The number of hydrogen-bond donors (Lipinski definition) is 2. The number of rotatable bonds is 4. The number of nitrogens with zero attached hydrogens (tertiary/aromatic N) is 3. The van der Waals surface area contributed by atoms with Crippen LogP contribution in [-0.4, -0.2) is 61.5 Å². The summed E-state index contributed by atoms with van der Waals surface area (Å²) in [6.45, 7) is 3.33. The number of primary amides is 1. The first-order chi connectivity index (χ1) is 9.58. The van der Waals surface area contributed by atoms with Gasteiger partial charge in [-0.15, -0.1) is 0 Å². The van der Waals surface area contributed by atoms with E-state index in [4.69, 9.17) is 5.73 Å². The highest BCUT2D eigenvalue weighted by molar-refractivity contribution is 5.91. The van der Waals surface area contributed by atoms with Crippen molar-refractivity contribution in [1.29, 1.82) is 0 Å². The molecule has 0 spiro atoms. The Labute approximate surface area is 117 Å². The molecule has 2 amide bonds. The van der Waals surface area contributed by atoms with Gasteiger partial charge in [0.15, 0.2) is 0 Å². The third-order valence-corrected chi connectivity index (χ3v) is 3.22. The third-order valence-electron chi connectivity index (χ3n) is 3.22. The highest BCUT2D eigenvalue weighted by atomic mass is 16.2. The minimum atomic E-state index is -0.575. The second kappa shape index (κ2) is 6.33. The molecule has 0 aromatic carbocycles. The van der Waals surface area contributed by atoms with Crippen molar-refractivity contribution in [3.8, 4) is 0 Å². The highest BCUT2D eigenvalue weighted by Gasteiger charge is 2.18. The van der Waals surface area contributed by atoms with E-state index in [9.17, 15) is 9.59 Å². The van der Waals surface area contributed by atoms with Gasteiger partial charge in [-0.1, -0.05) is 6.07 Å². The molecule has 2 heterocycles. The fourth-order valence-electron chi connectivity index (χ4n) is 2.07. The van der Waals surface area contributed by atoms with Crippen molar-refractivity contribution in [2.24, 2.45) is 5.73 Å². The number of anilines is 1. The number of pyridine rings is 1. The maximum atomic E-state index is 12.1. The quantitative estimate of drug-likeness (QED) is 0.740. The predicted octanol–water partition coefficient (Wildman–Crippen LogP) is -0.951. The number of piperazine rings is 1. The number of hydrogen-bond acceptors (Lipinski definition) is 5. The van der Waals surface area contributed by atoms with Crippen molar-refractivity contribution in [3.63, 3.8) is 0 Å². The molecule has 7 nitrogen and oxygen atoms in total. The molecule has 1 aliphatic rings. The second-order valence-electron chi connectivity index (χ2n) is 4.73. The molecule has 0 bridgehead atoms. The van der Waals surface area contributed by atoms with Crippen molar-refractivity contribution < 1.29 is 9.59 Å². The molecule has 1 saturated heterocycles. The Bertz CT molecular complexity index is 499. The van der Waals surface area contributed by atoms with Crippen molar-refractivity contribution in [1.82, 2.24) is 15.2 Å². The Morgan fingerprint density at radius 1 is 1.40 bits per heavy atom. The van der Waals surface area contributed by atoms with E-state index in [1.54, 1.807) is 30.1 Å². The molecule has 2 rings (SSSR count). The molecular weight excluding hydrogens is 258 g/mol. The van der Waals surface area contributed by atoms with E-state index < -0.39 is 5.91 Å². The van der Waals surface area contributed by atoms with Crippen LogP contribution in [0.25, 0.3) is 0 Å². The van der Waals surface area contributed by atoms with Gasteiger partial charge in [0, 0.05) is 33.2 Å². The van der Waals surface area contributed by atoms with Gasteiger partial charge >= 0.3 is 0 Å². The van der Waals surface area contributed by atoms with Crippen LogP contribution in [0.1, 0.15) is 10.5 Å². The summed E-state index contributed by atoms with van der Waals surface area (Å²) in [7, 11) is 1.77. The molecule has 1 aromatic heterocycles. The molecule has 0 aliphatic carbocycles. The van der Waals surface area contributed by atoms with Crippen LogP contribution in [0.15, 0.2) is 18.2 Å². The van der Waals surface area contributed by atoms with Gasteiger partial charge in [0.1, 0.15) is 11.5 Å². The zero-order valence-corrected chi connectivity index (χ0v) is 11.5. The molecule has 3 N–H and O–H groups in total. The van der Waals surface area contributed by atoms with Gasteiger partial charge in [-0.2, -0.15) is 0 Å². The standard InChI is InChI=1S/C13H19N5O2/c1-17(9-12(19)18-7-5-15-6-8-18)11-4-2-3-10(16-11)13(14)20/h2-4,15H,5-9H2,1H3,(H2,14,20).